The molecule has 0 spiro atoms. The summed E-state index contributed by atoms with van der Waals surface area (Å²) in [6.07, 6.45) is 7.75. The van der Waals surface area contributed by atoms with Crippen molar-refractivity contribution in [3.63, 3.8) is 0 Å². The Morgan fingerprint density at radius 2 is 2.13 bits per heavy atom. The highest BCUT2D eigenvalue weighted by Crippen LogP contribution is 2.28. The molecule has 1 fully saturated rings. The minimum Gasteiger partial charge on any atom is -0.480 e. The third-order valence-corrected chi connectivity index (χ3v) is 2.96. The Bertz CT molecular complexity index is 223. The zero-order valence-corrected chi connectivity index (χ0v) is 9.35. The number of carboxylic acid groups (broad SMARTS) is 1. The summed E-state index contributed by atoms with van der Waals surface area (Å²) >= 11 is 0. The molecular formula is C11H20N2O2. The van der Waals surface area contributed by atoms with Crippen molar-refractivity contribution in [2.45, 2.75) is 51.5 Å². The van der Waals surface area contributed by atoms with E-state index in [2.05, 4.69) is 10.2 Å². The van der Waals surface area contributed by atoms with E-state index in [0.717, 1.165) is 12.3 Å². The highest BCUT2D eigenvalue weighted by molar-refractivity contribution is 5.72. The quantitative estimate of drug-likeness (QED) is 0.543. The zero-order valence-electron chi connectivity index (χ0n) is 9.35. The fraction of sp³-hybridized carbons (Fsp3) is 0.909. The molecule has 1 saturated carbocycles. The van der Waals surface area contributed by atoms with Crippen LogP contribution in [0.4, 0.5) is 0 Å². The SMILES string of the molecule is CC(N=NCCCC1CCCC1)C(=O)O. The van der Waals surface area contributed by atoms with Crippen molar-refractivity contribution in [2.24, 2.45) is 16.1 Å². The molecule has 0 bridgehead atoms. The molecule has 0 saturated heterocycles. The third-order valence-electron chi connectivity index (χ3n) is 2.96. The van der Waals surface area contributed by atoms with Crippen LogP contribution in [0.25, 0.3) is 0 Å². The van der Waals surface area contributed by atoms with Gasteiger partial charge in [-0.15, -0.1) is 0 Å². The molecule has 0 aliphatic heterocycles. The van der Waals surface area contributed by atoms with E-state index in [4.69, 9.17) is 5.11 Å². The molecule has 0 radical (unpaired) electrons. The lowest BCUT2D eigenvalue weighted by molar-refractivity contribution is -0.138. The van der Waals surface area contributed by atoms with Gasteiger partial charge < -0.3 is 5.11 Å². The van der Waals surface area contributed by atoms with Crippen molar-refractivity contribution < 1.29 is 9.90 Å². The highest BCUT2D eigenvalue weighted by Gasteiger charge is 2.13. The molecule has 1 unspecified atom stereocenters. The van der Waals surface area contributed by atoms with E-state index in [9.17, 15) is 4.79 Å². The number of carboxylic acids is 1. The minimum atomic E-state index is -0.908. The summed E-state index contributed by atoms with van der Waals surface area (Å²) < 4.78 is 0. The Morgan fingerprint density at radius 3 is 2.73 bits per heavy atom. The number of hydrogen-bond acceptors (Lipinski definition) is 3. The molecule has 4 nitrogen and oxygen atoms in total. The van der Waals surface area contributed by atoms with Crippen LogP contribution in [-0.2, 0) is 4.79 Å². The monoisotopic (exact) mass is 212 g/mol. The van der Waals surface area contributed by atoms with Crippen LogP contribution in [0.2, 0.25) is 0 Å². The van der Waals surface area contributed by atoms with Crippen LogP contribution in [0.1, 0.15) is 45.4 Å². The molecule has 1 rings (SSSR count). The first-order valence-electron chi connectivity index (χ1n) is 5.79. The Balaban J connectivity index is 2.02. The second-order valence-electron chi connectivity index (χ2n) is 4.29. The van der Waals surface area contributed by atoms with Gasteiger partial charge in [-0.2, -0.15) is 10.2 Å². The first kappa shape index (κ1) is 12.1. The van der Waals surface area contributed by atoms with E-state index in [1.165, 1.54) is 32.1 Å². The maximum absolute atomic E-state index is 10.4. The van der Waals surface area contributed by atoms with Gasteiger partial charge in [0, 0.05) is 0 Å². The van der Waals surface area contributed by atoms with Crippen molar-refractivity contribution in [3.05, 3.63) is 0 Å². The van der Waals surface area contributed by atoms with Crippen molar-refractivity contribution in [3.8, 4) is 0 Å². The van der Waals surface area contributed by atoms with Crippen molar-refractivity contribution in [1.29, 1.82) is 0 Å². The summed E-state index contributed by atoms with van der Waals surface area (Å²) in [4.78, 5) is 10.4. The molecular weight excluding hydrogens is 192 g/mol. The van der Waals surface area contributed by atoms with Gasteiger partial charge in [0.1, 0.15) is 0 Å². The van der Waals surface area contributed by atoms with Gasteiger partial charge in [-0.25, -0.2) is 4.79 Å². The molecule has 15 heavy (non-hydrogen) atoms. The summed E-state index contributed by atoms with van der Waals surface area (Å²) in [6, 6.07) is -0.698. The fourth-order valence-electron chi connectivity index (χ4n) is 1.98. The van der Waals surface area contributed by atoms with Crippen molar-refractivity contribution >= 4 is 5.97 Å². The van der Waals surface area contributed by atoms with Gasteiger partial charge in [-0.05, 0) is 25.7 Å². The van der Waals surface area contributed by atoms with Gasteiger partial charge in [0.05, 0.1) is 6.54 Å². The van der Waals surface area contributed by atoms with Crippen molar-refractivity contribution in [2.75, 3.05) is 6.54 Å². The molecule has 0 aromatic carbocycles. The number of aliphatic carboxylic acids is 1. The molecule has 1 aliphatic rings. The van der Waals surface area contributed by atoms with E-state index in [-0.39, 0.29) is 0 Å². The molecule has 4 heteroatoms. The third kappa shape index (κ3) is 4.91. The van der Waals surface area contributed by atoms with Gasteiger partial charge in [0.2, 0.25) is 0 Å². The summed E-state index contributed by atoms with van der Waals surface area (Å²) in [7, 11) is 0. The molecule has 0 aromatic rings. The van der Waals surface area contributed by atoms with Crippen LogP contribution in [-0.4, -0.2) is 23.7 Å². The Morgan fingerprint density at radius 1 is 1.47 bits per heavy atom. The first-order valence-corrected chi connectivity index (χ1v) is 5.79. The smallest absolute Gasteiger partial charge is 0.330 e. The number of carbonyl (C=O) groups is 1. The minimum absolute atomic E-state index is 0.675. The lowest BCUT2D eigenvalue weighted by Gasteiger charge is -2.05. The number of nitrogens with zero attached hydrogens (tertiary/aromatic N) is 2. The van der Waals surface area contributed by atoms with E-state index >= 15 is 0 Å². The lowest BCUT2D eigenvalue weighted by atomic mass is 10.0. The number of azo groups is 1. The molecule has 0 aromatic heterocycles. The molecule has 1 aliphatic carbocycles. The largest absolute Gasteiger partial charge is 0.480 e. The van der Waals surface area contributed by atoms with E-state index in [0.29, 0.717) is 6.54 Å². The maximum atomic E-state index is 10.4. The fourth-order valence-corrected chi connectivity index (χ4v) is 1.98. The Kier molecular flexibility index (Phi) is 5.29. The second kappa shape index (κ2) is 6.53. The van der Waals surface area contributed by atoms with Gasteiger partial charge >= 0.3 is 5.97 Å². The highest BCUT2D eigenvalue weighted by atomic mass is 16.4. The van der Waals surface area contributed by atoms with E-state index in [1.54, 1.807) is 6.92 Å². The molecule has 0 heterocycles. The summed E-state index contributed by atoms with van der Waals surface area (Å²) in [5.41, 5.74) is 0. The molecule has 1 atom stereocenters. The lowest BCUT2D eigenvalue weighted by Crippen LogP contribution is -2.12. The predicted molar refractivity (Wildman–Crippen MR) is 58.0 cm³/mol. The van der Waals surface area contributed by atoms with Crippen LogP contribution in [0.15, 0.2) is 10.2 Å². The van der Waals surface area contributed by atoms with E-state index in [1.807, 2.05) is 0 Å². The van der Waals surface area contributed by atoms with Crippen LogP contribution in [0.5, 0.6) is 0 Å². The molecule has 0 amide bonds. The standard InChI is InChI=1S/C11H20N2O2/c1-9(11(14)15)13-12-8-4-7-10-5-2-3-6-10/h9-10H,2-8H2,1H3,(H,14,15). The van der Waals surface area contributed by atoms with Gasteiger partial charge in [-0.1, -0.05) is 25.7 Å². The van der Waals surface area contributed by atoms with Crippen LogP contribution < -0.4 is 0 Å². The van der Waals surface area contributed by atoms with Crippen LogP contribution in [0.3, 0.4) is 0 Å². The summed E-state index contributed by atoms with van der Waals surface area (Å²) in [5, 5.41) is 16.2. The predicted octanol–water partition coefficient (Wildman–Crippen LogP) is 2.88. The Hall–Kier alpha value is -0.930. The van der Waals surface area contributed by atoms with E-state index < -0.39 is 12.0 Å². The summed E-state index contributed by atoms with van der Waals surface area (Å²) in [5.74, 6) is -0.0216. The number of hydrogen-bond donors (Lipinski definition) is 1. The topological polar surface area (TPSA) is 62.0 Å². The van der Waals surface area contributed by atoms with Gasteiger partial charge in [-0.3, -0.25) is 0 Å². The Labute approximate surface area is 90.8 Å². The average Bonchev–Trinajstić information content (AvgIpc) is 2.69. The normalized spacial score (nSPS) is 19.8. The molecule has 86 valence electrons. The van der Waals surface area contributed by atoms with Gasteiger partial charge in [0.25, 0.3) is 0 Å². The average molecular weight is 212 g/mol. The zero-order chi connectivity index (χ0) is 11.1. The van der Waals surface area contributed by atoms with Crippen LogP contribution >= 0.6 is 0 Å². The number of rotatable bonds is 6. The molecule has 1 N–H and O–H groups in total. The van der Waals surface area contributed by atoms with Crippen molar-refractivity contribution in [1.82, 2.24) is 0 Å². The van der Waals surface area contributed by atoms with Crippen LogP contribution in [0, 0.1) is 5.92 Å². The maximum Gasteiger partial charge on any atom is 0.330 e. The summed E-state index contributed by atoms with van der Waals surface area (Å²) in [6.45, 7) is 2.22. The second-order valence-corrected chi connectivity index (χ2v) is 4.29. The first-order chi connectivity index (χ1) is 7.20. The van der Waals surface area contributed by atoms with Gasteiger partial charge in [0.15, 0.2) is 6.04 Å².